The molecule has 0 unspecified atom stereocenters. The number of carboxylic acid groups (broad SMARTS) is 2. The number of aliphatic carboxylic acids is 2. The molecule has 0 aliphatic rings. The van der Waals surface area contributed by atoms with E-state index in [-0.39, 0.29) is 12.8 Å². The minimum Gasteiger partial charge on any atom is -0.480 e. The summed E-state index contributed by atoms with van der Waals surface area (Å²) < 4.78 is 0. The first kappa shape index (κ1) is 18.9. The van der Waals surface area contributed by atoms with Crippen LogP contribution < -0.4 is 0 Å². The Hall–Kier alpha value is -1.06. The molecule has 0 atom stereocenters. The van der Waals surface area contributed by atoms with E-state index < -0.39 is 17.4 Å². The average molecular weight is 286 g/mol. The summed E-state index contributed by atoms with van der Waals surface area (Å²) >= 11 is 0. The van der Waals surface area contributed by atoms with E-state index in [0.29, 0.717) is 12.8 Å². The first-order valence-electron chi connectivity index (χ1n) is 7.98. The minimum atomic E-state index is -1.57. The molecule has 0 aliphatic heterocycles. The van der Waals surface area contributed by atoms with Crippen LogP contribution in [0.25, 0.3) is 0 Å². The van der Waals surface area contributed by atoms with Crippen LogP contribution >= 0.6 is 0 Å². The van der Waals surface area contributed by atoms with Gasteiger partial charge < -0.3 is 10.2 Å². The van der Waals surface area contributed by atoms with Crippen LogP contribution in [0, 0.1) is 5.41 Å². The molecule has 0 saturated heterocycles. The van der Waals surface area contributed by atoms with E-state index >= 15 is 0 Å². The molecule has 0 aromatic carbocycles. The number of carboxylic acids is 2. The van der Waals surface area contributed by atoms with Crippen LogP contribution in [0.3, 0.4) is 0 Å². The number of hydrogen-bond donors (Lipinski definition) is 2. The van der Waals surface area contributed by atoms with E-state index in [1.165, 1.54) is 19.3 Å². The largest absolute Gasteiger partial charge is 0.480 e. The zero-order chi connectivity index (χ0) is 15.4. The molecule has 118 valence electrons. The molecule has 0 aromatic heterocycles. The summed E-state index contributed by atoms with van der Waals surface area (Å²) in [5.41, 5.74) is -1.57. The van der Waals surface area contributed by atoms with Crippen LogP contribution in [-0.4, -0.2) is 22.2 Å². The molecule has 0 amide bonds. The van der Waals surface area contributed by atoms with Gasteiger partial charge in [-0.2, -0.15) is 0 Å². The fourth-order valence-electron chi connectivity index (χ4n) is 2.51. The van der Waals surface area contributed by atoms with Gasteiger partial charge in [-0.25, -0.2) is 0 Å². The quantitative estimate of drug-likeness (QED) is 0.387. The Morgan fingerprint density at radius 2 is 1.10 bits per heavy atom. The molecule has 0 aromatic rings. The zero-order valence-electron chi connectivity index (χ0n) is 13.0. The normalized spacial score (nSPS) is 11.5. The topological polar surface area (TPSA) is 74.6 Å². The Balaban J connectivity index is 4.22. The van der Waals surface area contributed by atoms with Crippen molar-refractivity contribution in [2.75, 3.05) is 0 Å². The second-order valence-corrected chi connectivity index (χ2v) is 5.67. The van der Waals surface area contributed by atoms with Gasteiger partial charge in [0, 0.05) is 0 Å². The molecule has 4 heteroatoms. The standard InChI is InChI=1S/C16H30O4/c1-3-5-7-8-9-10-11-13-16(14(17)18,15(19)20)12-6-4-2/h3-13H2,1-2H3,(H,17,18)(H,19,20). The lowest BCUT2D eigenvalue weighted by molar-refractivity contribution is -0.166. The van der Waals surface area contributed by atoms with Gasteiger partial charge in [-0.15, -0.1) is 0 Å². The molecule has 4 nitrogen and oxygen atoms in total. The Kier molecular flexibility index (Phi) is 10.1. The summed E-state index contributed by atoms with van der Waals surface area (Å²) in [6.45, 7) is 4.12. The highest BCUT2D eigenvalue weighted by atomic mass is 16.4. The van der Waals surface area contributed by atoms with Crippen LogP contribution in [0.2, 0.25) is 0 Å². The Labute approximate surface area is 122 Å². The van der Waals surface area contributed by atoms with Crippen molar-refractivity contribution < 1.29 is 19.8 Å². The maximum absolute atomic E-state index is 11.4. The SMILES string of the molecule is CCCCCCCCCC(CCCC)(C(=O)O)C(=O)O. The summed E-state index contributed by atoms with van der Waals surface area (Å²) in [6, 6.07) is 0. The summed E-state index contributed by atoms with van der Waals surface area (Å²) in [5.74, 6) is -2.35. The van der Waals surface area contributed by atoms with Gasteiger partial charge in [0.05, 0.1) is 0 Å². The van der Waals surface area contributed by atoms with Crippen molar-refractivity contribution >= 4 is 11.9 Å². The van der Waals surface area contributed by atoms with Gasteiger partial charge in [0.15, 0.2) is 5.41 Å². The van der Waals surface area contributed by atoms with Gasteiger partial charge in [0.1, 0.15) is 0 Å². The van der Waals surface area contributed by atoms with E-state index in [9.17, 15) is 19.8 Å². The summed E-state index contributed by atoms with van der Waals surface area (Å²) in [6.07, 6.45) is 9.48. The summed E-state index contributed by atoms with van der Waals surface area (Å²) in [5, 5.41) is 18.6. The van der Waals surface area contributed by atoms with Gasteiger partial charge in [-0.3, -0.25) is 9.59 Å². The highest BCUT2D eigenvalue weighted by Gasteiger charge is 2.45. The monoisotopic (exact) mass is 286 g/mol. The first-order chi connectivity index (χ1) is 9.51. The number of unbranched alkanes of at least 4 members (excludes halogenated alkanes) is 7. The van der Waals surface area contributed by atoms with E-state index in [4.69, 9.17) is 0 Å². The zero-order valence-corrected chi connectivity index (χ0v) is 13.0. The first-order valence-corrected chi connectivity index (χ1v) is 7.98. The van der Waals surface area contributed by atoms with Gasteiger partial charge in [0.2, 0.25) is 0 Å². The molecular formula is C16H30O4. The molecule has 0 rings (SSSR count). The van der Waals surface area contributed by atoms with Crippen molar-refractivity contribution in [1.29, 1.82) is 0 Å². The fourth-order valence-corrected chi connectivity index (χ4v) is 2.51. The third-order valence-electron chi connectivity index (χ3n) is 3.98. The molecule has 0 aliphatic carbocycles. The van der Waals surface area contributed by atoms with Crippen molar-refractivity contribution in [2.24, 2.45) is 5.41 Å². The number of rotatable bonds is 13. The lowest BCUT2D eigenvalue weighted by Crippen LogP contribution is -2.39. The van der Waals surface area contributed by atoms with Crippen LogP contribution in [0.15, 0.2) is 0 Å². The third kappa shape index (κ3) is 6.40. The van der Waals surface area contributed by atoms with Crippen molar-refractivity contribution in [1.82, 2.24) is 0 Å². The Morgan fingerprint density at radius 3 is 1.55 bits per heavy atom. The van der Waals surface area contributed by atoms with E-state index in [1.54, 1.807) is 0 Å². The summed E-state index contributed by atoms with van der Waals surface area (Å²) in [4.78, 5) is 22.8. The smallest absolute Gasteiger partial charge is 0.321 e. The number of carbonyl (C=O) groups is 2. The van der Waals surface area contributed by atoms with Crippen LogP contribution in [-0.2, 0) is 9.59 Å². The molecule has 0 bridgehead atoms. The maximum atomic E-state index is 11.4. The molecule has 0 radical (unpaired) electrons. The lowest BCUT2D eigenvalue weighted by atomic mass is 9.78. The Bertz CT molecular complexity index is 272. The molecular weight excluding hydrogens is 256 g/mol. The predicted octanol–water partition coefficient (Wildman–Crippen LogP) is 4.47. The van der Waals surface area contributed by atoms with Gasteiger partial charge >= 0.3 is 11.9 Å². The predicted molar refractivity (Wildman–Crippen MR) is 79.8 cm³/mol. The molecule has 20 heavy (non-hydrogen) atoms. The van der Waals surface area contributed by atoms with E-state index in [2.05, 4.69) is 6.92 Å². The third-order valence-corrected chi connectivity index (χ3v) is 3.98. The van der Waals surface area contributed by atoms with Crippen molar-refractivity contribution in [3.63, 3.8) is 0 Å². The van der Waals surface area contributed by atoms with Crippen LogP contribution in [0.1, 0.15) is 84.5 Å². The van der Waals surface area contributed by atoms with Crippen LogP contribution in [0.5, 0.6) is 0 Å². The average Bonchev–Trinajstić information content (AvgIpc) is 2.40. The van der Waals surface area contributed by atoms with Crippen LogP contribution in [0.4, 0.5) is 0 Å². The Morgan fingerprint density at radius 1 is 0.700 bits per heavy atom. The maximum Gasteiger partial charge on any atom is 0.321 e. The van der Waals surface area contributed by atoms with Crippen molar-refractivity contribution in [3.8, 4) is 0 Å². The number of hydrogen-bond acceptors (Lipinski definition) is 2. The van der Waals surface area contributed by atoms with E-state index in [1.807, 2.05) is 6.92 Å². The van der Waals surface area contributed by atoms with E-state index in [0.717, 1.165) is 25.7 Å². The minimum absolute atomic E-state index is 0.240. The molecule has 0 heterocycles. The van der Waals surface area contributed by atoms with Crippen molar-refractivity contribution in [3.05, 3.63) is 0 Å². The van der Waals surface area contributed by atoms with Gasteiger partial charge in [-0.05, 0) is 12.8 Å². The highest BCUT2D eigenvalue weighted by Crippen LogP contribution is 2.32. The second kappa shape index (κ2) is 10.7. The lowest BCUT2D eigenvalue weighted by Gasteiger charge is -2.24. The van der Waals surface area contributed by atoms with Gasteiger partial charge in [-0.1, -0.05) is 71.6 Å². The molecule has 0 saturated carbocycles. The fraction of sp³-hybridized carbons (Fsp3) is 0.875. The van der Waals surface area contributed by atoms with Crippen molar-refractivity contribution in [2.45, 2.75) is 84.5 Å². The summed E-state index contributed by atoms with van der Waals surface area (Å²) in [7, 11) is 0. The molecule has 2 N–H and O–H groups in total. The molecule has 0 spiro atoms. The molecule has 0 fully saturated rings. The highest BCUT2D eigenvalue weighted by molar-refractivity contribution is 5.98. The van der Waals surface area contributed by atoms with Gasteiger partial charge in [0.25, 0.3) is 0 Å². The second-order valence-electron chi connectivity index (χ2n) is 5.67.